The zero-order valence-electron chi connectivity index (χ0n) is 12.3. The number of ether oxygens (including phenoxy) is 1. The highest BCUT2D eigenvalue weighted by molar-refractivity contribution is 5.25. The van der Waals surface area contributed by atoms with Crippen molar-refractivity contribution in [3.05, 3.63) is 63.6 Å². The molecule has 1 heterocycles. The lowest BCUT2D eigenvalue weighted by Gasteiger charge is -2.12. The summed E-state index contributed by atoms with van der Waals surface area (Å²) in [4.78, 5) is 12.1. The lowest BCUT2D eigenvalue weighted by atomic mass is 10.2. The second-order valence-corrected chi connectivity index (χ2v) is 5.75. The van der Waals surface area contributed by atoms with E-state index in [1.807, 2.05) is 6.92 Å². The number of benzene rings is 1. The summed E-state index contributed by atoms with van der Waals surface area (Å²) in [6, 6.07) is 6.52. The molecule has 0 spiro atoms. The van der Waals surface area contributed by atoms with Crippen LogP contribution in [0.25, 0.3) is 0 Å². The molecule has 0 bridgehead atoms. The first-order valence-corrected chi connectivity index (χ1v) is 7.31. The van der Waals surface area contributed by atoms with E-state index < -0.39 is 11.6 Å². The Morgan fingerprint density at radius 1 is 1.23 bits per heavy atom. The van der Waals surface area contributed by atoms with Gasteiger partial charge in [-0.05, 0) is 43.9 Å². The third kappa shape index (κ3) is 3.35. The van der Waals surface area contributed by atoms with Crippen molar-refractivity contribution < 1.29 is 13.5 Å². The Balaban J connectivity index is 1.73. The molecule has 1 aromatic heterocycles. The van der Waals surface area contributed by atoms with Crippen LogP contribution in [0.2, 0.25) is 0 Å². The van der Waals surface area contributed by atoms with Crippen LogP contribution >= 0.6 is 0 Å². The van der Waals surface area contributed by atoms with E-state index in [-0.39, 0.29) is 17.7 Å². The maximum absolute atomic E-state index is 13.5. The van der Waals surface area contributed by atoms with E-state index in [1.165, 1.54) is 31.0 Å². The monoisotopic (exact) mass is 305 g/mol. The normalized spacial score (nSPS) is 14.1. The fraction of sp³-hybridized carbons (Fsp3) is 0.353. The van der Waals surface area contributed by atoms with Gasteiger partial charge in [0.25, 0.3) is 5.56 Å². The van der Waals surface area contributed by atoms with Crippen LogP contribution in [0.4, 0.5) is 8.78 Å². The quantitative estimate of drug-likeness (QED) is 0.847. The summed E-state index contributed by atoms with van der Waals surface area (Å²) < 4.78 is 33.6. The van der Waals surface area contributed by atoms with Crippen molar-refractivity contribution in [3.8, 4) is 5.75 Å². The molecule has 3 nitrogen and oxygen atoms in total. The molecule has 5 heteroatoms. The van der Waals surface area contributed by atoms with E-state index >= 15 is 0 Å². The number of aromatic nitrogens is 1. The molecule has 22 heavy (non-hydrogen) atoms. The molecule has 1 aliphatic rings. The van der Waals surface area contributed by atoms with Crippen LogP contribution in [0.15, 0.2) is 35.1 Å². The number of hydrogen-bond donors (Lipinski definition) is 0. The Morgan fingerprint density at radius 2 is 2.00 bits per heavy atom. The highest BCUT2D eigenvalue weighted by atomic mass is 19.1. The lowest BCUT2D eigenvalue weighted by Crippen LogP contribution is -2.22. The van der Waals surface area contributed by atoms with Gasteiger partial charge in [-0.1, -0.05) is 0 Å². The van der Waals surface area contributed by atoms with E-state index in [9.17, 15) is 13.6 Å². The molecule has 0 saturated heterocycles. The fourth-order valence-electron chi connectivity index (χ4n) is 2.37. The Labute approximate surface area is 127 Å². The molecule has 116 valence electrons. The van der Waals surface area contributed by atoms with Crippen molar-refractivity contribution in [1.82, 2.24) is 4.57 Å². The predicted octanol–water partition coefficient (Wildman–Crippen LogP) is 3.42. The van der Waals surface area contributed by atoms with Gasteiger partial charge in [-0.2, -0.15) is 0 Å². The van der Waals surface area contributed by atoms with Crippen LogP contribution < -0.4 is 10.3 Å². The van der Waals surface area contributed by atoms with Crippen molar-refractivity contribution >= 4 is 0 Å². The van der Waals surface area contributed by atoms with Gasteiger partial charge >= 0.3 is 0 Å². The van der Waals surface area contributed by atoms with Gasteiger partial charge in [0.15, 0.2) is 0 Å². The summed E-state index contributed by atoms with van der Waals surface area (Å²) in [5.74, 6) is -0.270. The number of hydrogen-bond acceptors (Lipinski definition) is 2. The molecule has 1 fully saturated rings. The first-order chi connectivity index (χ1) is 10.5. The maximum atomic E-state index is 13.5. The lowest BCUT2D eigenvalue weighted by molar-refractivity contribution is 0.297. The van der Waals surface area contributed by atoms with Crippen LogP contribution in [-0.2, 0) is 13.2 Å². The number of halogens is 2. The number of pyridine rings is 1. The van der Waals surface area contributed by atoms with E-state index in [2.05, 4.69) is 0 Å². The van der Waals surface area contributed by atoms with Gasteiger partial charge in [-0.25, -0.2) is 8.78 Å². The first-order valence-electron chi connectivity index (χ1n) is 7.31. The molecule has 0 N–H and O–H groups in total. The topological polar surface area (TPSA) is 31.2 Å². The van der Waals surface area contributed by atoms with E-state index in [0.717, 1.165) is 18.3 Å². The first kappa shape index (κ1) is 14.8. The average Bonchev–Trinajstić information content (AvgIpc) is 3.26. The molecule has 0 aliphatic heterocycles. The molecule has 3 rings (SSSR count). The van der Waals surface area contributed by atoms with Crippen LogP contribution in [0.5, 0.6) is 5.75 Å². The summed E-state index contributed by atoms with van der Waals surface area (Å²) in [5, 5.41) is 0. The van der Waals surface area contributed by atoms with Gasteiger partial charge in [0.05, 0.1) is 0 Å². The summed E-state index contributed by atoms with van der Waals surface area (Å²) in [5.41, 5.74) is 0.969. The largest absolute Gasteiger partial charge is 0.489 e. The maximum Gasteiger partial charge on any atom is 0.254 e. The summed E-state index contributed by atoms with van der Waals surface area (Å²) in [6.45, 7) is 2.56. The SMILES string of the molecule is Cc1cc(OCc2ccc(F)cc2F)cc(=O)n1CC1CC1. The molecule has 0 unspecified atom stereocenters. The van der Waals surface area contributed by atoms with Crippen LogP contribution in [0, 0.1) is 24.5 Å². The van der Waals surface area contributed by atoms with Gasteiger partial charge < -0.3 is 9.30 Å². The van der Waals surface area contributed by atoms with Crippen molar-refractivity contribution in [2.45, 2.75) is 32.9 Å². The van der Waals surface area contributed by atoms with Gasteiger partial charge in [0.1, 0.15) is 24.0 Å². The number of nitrogens with zero attached hydrogens (tertiary/aromatic N) is 1. The zero-order valence-corrected chi connectivity index (χ0v) is 12.3. The van der Waals surface area contributed by atoms with Gasteiger partial charge in [0, 0.05) is 29.9 Å². The minimum atomic E-state index is -0.654. The molecular weight excluding hydrogens is 288 g/mol. The smallest absolute Gasteiger partial charge is 0.254 e. The van der Waals surface area contributed by atoms with E-state index in [4.69, 9.17) is 4.74 Å². The summed E-state index contributed by atoms with van der Waals surface area (Å²) in [6.07, 6.45) is 2.35. The molecule has 1 aromatic carbocycles. The molecule has 0 amide bonds. The summed E-state index contributed by atoms with van der Waals surface area (Å²) >= 11 is 0. The van der Waals surface area contributed by atoms with Crippen LogP contribution in [0.3, 0.4) is 0 Å². The van der Waals surface area contributed by atoms with Gasteiger partial charge in [-0.3, -0.25) is 4.79 Å². The van der Waals surface area contributed by atoms with Crippen molar-refractivity contribution in [3.63, 3.8) is 0 Å². The Bertz CT molecular complexity index is 751. The summed E-state index contributed by atoms with van der Waals surface area (Å²) in [7, 11) is 0. The standard InChI is InChI=1S/C17H17F2NO2/c1-11-6-15(8-17(21)20(11)9-12-2-3-12)22-10-13-4-5-14(18)7-16(13)19/h4-8,12H,2-3,9-10H2,1H3. The molecular formula is C17H17F2NO2. The van der Waals surface area contributed by atoms with Gasteiger partial charge in [0.2, 0.25) is 0 Å². The van der Waals surface area contributed by atoms with Crippen molar-refractivity contribution in [2.24, 2.45) is 5.92 Å². The molecule has 1 saturated carbocycles. The fourth-order valence-corrected chi connectivity index (χ4v) is 2.37. The highest BCUT2D eigenvalue weighted by Gasteiger charge is 2.22. The number of aryl methyl sites for hydroxylation is 1. The second-order valence-electron chi connectivity index (χ2n) is 5.75. The van der Waals surface area contributed by atoms with Crippen molar-refractivity contribution in [2.75, 3.05) is 0 Å². The van der Waals surface area contributed by atoms with Crippen LogP contribution in [-0.4, -0.2) is 4.57 Å². The minimum Gasteiger partial charge on any atom is -0.489 e. The Morgan fingerprint density at radius 3 is 2.64 bits per heavy atom. The average molecular weight is 305 g/mol. The van der Waals surface area contributed by atoms with E-state index in [1.54, 1.807) is 10.6 Å². The third-order valence-electron chi connectivity index (χ3n) is 3.86. The highest BCUT2D eigenvalue weighted by Crippen LogP contribution is 2.30. The van der Waals surface area contributed by atoms with Gasteiger partial charge in [-0.15, -0.1) is 0 Å². The Kier molecular flexibility index (Phi) is 3.96. The second kappa shape index (κ2) is 5.91. The number of rotatable bonds is 5. The third-order valence-corrected chi connectivity index (χ3v) is 3.86. The molecule has 0 atom stereocenters. The van der Waals surface area contributed by atoms with Crippen LogP contribution in [0.1, 0.15) is 24.1 Å². The minimum absolute atomic E-state index is 0.0440. The Hall–Kier alpha value is -2.17. The van der Waals surface area contributed by atoms with E-state index in [0.29, 0.717) is 11.7 Å². The predicted molar refractivity (Wildman–Crippen MR) is 78.9 cm³/mol. The zero-order chi connectivity index (χ0) is 15.7. The molecule has 1 aliphatic carbocycles. The van der Waals surface area contributed by atoms with Crippen molar-refractivity contribution in [1.29, 1.82) is 0 Å². The molecule has 2 aromatic rings. The molecule has 0 radical (unpaired) electrons.